The van der Waals surface area contributed by atoms with Crippen molar-refractivity contribution >= 4 is 35.2 Å². The Morgan fingerprint density at radius 1 is 1.32 bits per heavy atom. The summed E-state index contributed by atoms with van der Waals surface area (Å²) in [6.45, 7) is 5.19. The lowest BCUT2D eigenvalue weighted by Crippen LogP contribution is -2.38. The Morgan fingerprint density at radius 3 is 2.86 bits per heavy atom. The van der Waals surface area contributed by atoms with Gasteiger partial charge in [-0.3, -0.25) is 9.69 Å². The molecule has 0 aromatic heterocycles. The number of benzene rings is 1. The SMILES string of the molecule is O=C(/C=C/c1cc(Cl)ccc1Cl)NCCCN1CCOCC1. The third-order valence-electron chi connectivity index (χ3n) is 3.43. The molecule has 0 radical (unpaired) electrons. The van der Waals surface area contributed by atoms with Crippen LogP contribution in [0.2, 0.25) is 10.0 Å². The number of ether oxygens (including phenoxy) is 1. The molecule has 1 aromatic carbocycles. The molecule has 0 unspecified atom stereocenters. The first kappa shape index (κ1) is 17.3. The van der Waals surface area contributed by atoms with Crippen LogP contribution in [0.4, 0.5) is 0 Å². The number of amides is 1. The molecule has 0 spiro atoms. The second-order valence-electron chi connectivity index (χ2n) is 5.10. The van der Waals surface area contributed by atoms with Gasteiger partial charge < -0.3 is 10.1 Å². The summed E-state index contributed by atoms with van der Waals surface area (Å²) in [5.74, 6) is -0.127. The van der Waals surface area contributed by atoms with E-state index in [0.29, 0.717) is 16.6 Å². The van der Waals surface area contributed by atoms with E-state index < -0.39 is 0 Å². The zero-order valence-corrected chi connectivity index (χ0v) is 13.9. The molecule has 0 aliphatic carbocycles. The van der Waals surface area contributed by atoms with E-state index in [-0.39, 0.29) is 5.91 Å². The molecule has 1 heterocycles. The molecule has 0 saturated carbocycles. The standard InChI is InChI=1S/C16H20Cl2N2O2/c17-14-3-4-15(18)13(12-14)2-5-16(21)19-6-1-7-20-8-10-22-11-9-20/h2-5,12H,1,6-11H2,(H,19,21)/b5-2+. The van der Waals surface area contributed by atoms with Crippen molar-refractivity contribution in [2.75, 3.05) is 39.4 Å². The summed E-state index contributed by atoms with van der Waals surface area (Å²) in [6, 6.07) is 5.16. The van der Waals surface area contributed by atoms with E-state index in [1.54, 1.807) is 24.3 Å². The van der Waals surface area contributed by atoms with Gasteiger partial charge in [-0.1, -0.05) is 23.2 Å². The van der Waals surface area contributed by atoms with Crippen LogP contribution in [0.3, 0.4) is 0 Å². The van der Waals surface area contributed by atoms with Crippen LogP contribution >= 0.6 is 23.2 Å². The number of nitrogens with zero attached hydrogens (tertiary/aromatic N) is 1. The third kappa shape index (κ3) is 5.97. The highest BCUT2D eigenvalue weighted by Gasteiger charge is 2.09. The molecule has 0 bridgehead atoms. The van der Waals surface area contributed by atoms with E-state index in [1.165, 1.54) is 6.08 Å². The zero-order chi connectivity index (χ0) is 15.8. The van der Waals surface area contributed by atoms with Gasteiger partial charge in [-0.15, -0.1) is 0 Å². The van der Waals surface area contributed by atoms with Crippen molar-refractivity contribution in [2.45, 2.75) is 6.42 Å². The molecule has 1 fully saturated rings. The minimum Gasteiger partial charge on any atom is -0.379 e. The Morgan fingerprint density at radius 2 is 2.09 bits per heavy atom. The highest BCUT2D eigenvalue weighted by atomic mass is 35.5. The van der Waals surface area contributed by atoms with Gasteiger partial charge in [0.15, 0.2) is 0 Å². The van der Waals surface area contributed by atoms with Gasteiger partial charge in [-0.05, 0) is 42.8 Å². The van der Waals surface area contributed by atoms with E-state index in [9.17, 15) is 4.79 Å². The van der Waals surface area contributed by atoms with E-state index in [0.717, 1.165) is 44.8 Å². The lowest BCUT2D eigenvalue weighted by molar-refractivity contribution is -0.116. The van der Waals surface area contributed by atoms with Crippen LogP contribution in [0.25, 0.3) is 6.08 Å². The van der Waals surface area contributed by atoms with Crippen molar-refractivity contribution in [3.63, 3.8) is 0 Å². The first-order valence-electron chi connectivity index (χ1n) is 7.36. The van der Waals surface area contributed by atoms with Gasteiger partial charge >= 0.3 is 0 Å². The van der Waals surface area contributed by atoms with Gasteiger partial charge in [0.05, 0.1) is 13.2 Å². The molecular formula is C16H20Cl2N2O2. The van der Waals surface area contributed by atoms with Crippen molar-refractivity contribution < 1.29 is 9.53 Å². The molecule has 6 heteroatoms. The summed E-state index contributed by atoms with van der Waals surface area (Å²) in [7, 11) is 0. The van der Waals surface area contributed by atoms with Crippen LogP contribution in [-0.4, -0.2) is 50.2 Å². The fourth-order valence-corrected chi connectivity index (χ4v) is 2.57. The zero-order valence-electron chi connectivity index (χ0n) is 12.4. The third-order valence-corrected chi connectivity index (χ3v) is 4.01. The summed E-state index contributed by atoms with van der Waals surface area (Å²) in [5, 5.41) is 4.03. The summed E-state index contributed by atoms with van der Waals surface area (Å²) >= 11 is 11.9. The van der Waals surface area contributed by atoms with Gasteiger partial charge in [0.1, 0.15) is 0 Å². The average molecular weight is 343 g/mol. The summed E-state index contributed by atoms with van der Waals surface area (Å²) in [4.78, 5) is 14.1. The first-order valence-corrected chi connectivity index (χ1v) is 8.12. The lowest BCUT2D eigenvalue weighted by Gasteiger charge is -2.26. The minimum absolute atomic E-state index is 0.127. The predicted molar refractivity (Wildman–Crippen MR) is 90.4 cm³/mol. The first-order chi connectivity index (χ1) is 10.6. The Kier molecular flexibility index (Phi) is 7.19. The molecule has 22 heavy (non-hydrogen) atoms. The van der Waals surface area contributed by atoms with Gasteiger partial charge in [0.2, 0.25) is 5.91 Å². The Labute approximate surface area is 141 Å². The van der Waals surface area contributed by atoms with Crippen molar-refractivity contribution in [3.05, 3.63) is 39.9 Å². The van der Waals surface area contributed by atoms with Crippen molar-refractivity contribution in [3.8, 4) is 0 Å². The van der Waals surface area contributed by atoms with Crippen LogP contribution in [0, 0.1) is 0 Å². The van der Waals surface area contributed by atoms with E-state index in [4.69, 9.17) is 27.9 Å². The lowest BCUT2D eigenvalue weighted by atomic mass is 10.2. The maximum absolute atomic E-state index is 11.8. The largest absolute Gasteiger partial charge is 0.379 e. The number of halogens is 2. The highest BCUT2D eigenvalue weighted by Crippen LogP contribution is 2.21. The number of carbonyl (C=O) groups is 1. The maximum atomic E-state index is 11.8. The van der Waals surface area contributed by atoms with Crippen LogP contribution in [0.1, 0.15) is 12.0 Å². The number of rotatable bonds is 6. The molecule has 4 nitrogen and oxygen atoms in total. The molecule has 1 amide bonds. The molecular weight excluding hydrogens is 323 g/mol. The smallest absolute Gasteiger partial charge is 0.244 e. The number of morpholine rings is 1. The number of carbonyl (C=O) groups excluding carboxylic acids is 1. The predicted octanol–water partition coefficient (Wildman–Crippen LogP) is 2.85. The molecule has 1 aliphatic heterocycles. The Hall–Kier alpha value is -1.07. The Balaban J connectivity index is 1.68. The molecule has 1 N–H and O–H groups in total. The van der Waals surface area contributed by atoms with Gasteiger partial charge in [0.25, 0.3) is 0 Å². The molecule has 120 valence electrons. The van der Waals surface area contributed by atoms with E-state index >= 15 is 0 Å². The van der Waals surface area contributed by atoms with Crippen LogP contribution < -0.4 is 5.32 Å². The monoisotopic (exact) mass is 342 g/mol. The molecule has 2 rings (SSSR count). The van der Waals surface area contributed by atoms with Crippen LogP contribution in [0.5, 0.6) is 0 Å². The van der Waals surface area contributed by atoms with Gasteiger partial charge in [-0.2, -0.15) is 0 Å². The minimum atomic E-state index is -0.127. The topological polar surface area (TPSA) is 41.6 Å². The van der Waals surface area contributed by atoms with Gasteiger partial charge in [-0.25, -0.2) is 0 Å². The quantitative estimate of drug-likeness (QED) is 0.638. The fraction of sp³-hybridized carbons (Fsp3) is 0.438. The second-order valence-corrected chi connectivity index (χ2v) is 5.94. The number of nitrogens with one attached hydrogen (secondary N) is 1. The highest BCUT2D eigenvalue weighted by molar-refractivity contribution is 6.34. The summed E-state index contributed by atoms with van der Waals surface area (Å²) in [6.07, 6.45) is 4.08. The maximum Gasteiger partial charge on any atom is 0.244 e. The van der Waals surface area contributed by atoms with Gasteiger partial charge in [0, 0.05) is 35.8 Å². The second kappa shape index (κ2) is 9.16. The summed E-state index contributed by atoms with van der Waals surface area (Å²) < 4.78 is 5.30. The van der Waals surface area contributed by atoms with Crippen molar-refractivity contribution in [2.24, 2.45) is 0 Å². The number of hydrogen-bond donors (Lipinski definition) is 1. The van der Waals surface area contributed by atoms with E-state index in [1.807, 2.05) is 0 Å². The fourth-order valence-electron chi connectivity index (χ4n) is 2.21. The molecule has 1 aliphatic rings. The van der Waals surface area contributed by atoms with Crippen molar-refractivity contribution in [1.82, 2.24) is 10.2 Å². The molecule has 1 saturated heterocycles. The molecule has 1 aromatic rings. The number of hydrogen-bond acceptors (Lipinski definition) is 3. The van der Waals surface area contributed by atoms with Crippen molar-refractivity contribution in [1.29, 1.82) is 0 Å². The average Bonchev–Trinajstić information content (AvgIpc) is 2.53. The Bertz CT molecular complexity index is 529. The van der Waals surface area contributed by atoms with E-state index in [2.05, 4.69) is 10.2 Å². The van der Waals surface area contributed by atoms with Crippen LogP contribution in [0.15, 0.2) is 24.3 Å². The molecule has 0 atom stereocenters. The summed E-state index contributed by atoms with van der Waals surface area (Å²) in [5.41, 5.74) is 0.734. The normalized spacial score (nSPS) is 16.1. The van der Waals surface area contributed by atoms with Crippen LogP contribution in [-0.2, 0) is 9.53 Å².